The van der Waals surface area contributed by atoms with Gasteiger partial charge in [0.05, 0.1) is 0 Å². The molecule has 0 N–H and O–H groups in total. The van der Waals surface area contributed by atoms with Crippen LogP contribution in [0.5, 0.6) is 0 Å². The SMILES string of the molecule is CCCCCCC[CH2][Sb]([Cl])[CH]1CCCCC1. The molecule has 1 fully saturated rings. The van der Waals surface area contributed by atoms with Crippen molar-refractivity contribution < 1.29 is 0 Å². The van der Waals surface area contributed by atoms with Gasteiger partial charge in [0.1, 0.15) is 0 Å². The maximum atomic E-state index is 6.68. The molecule has 0 heterocycles. The number of hydrogen-bond acceptors (Lipinski definition) is 0. The van der Waals surface area contributed by atoms with Gasteiger partial charge >= 0.3 is 114 Å². The van der Waals surface area contributed by atoms with Gasteiger partial charge in [-0.15, -0.1) is 0 Å². The number of halogens is 1. The van der Waals surface area contributed by atoms with Crippen LogP contribution in [0.1, 0.15) is 77.6 Å². The summed E-state index contributed by atoms with van der Waals surface area (Å²) in [7, 11) is 6.68. The van der Waals surface area contributed by atoms with Gasteiger partial charge in [0.15, 0.2) is 0 Å². The molecule has 1 rings (SSSR count). The van der Waals surface area contributed by atoms with Crippen LogP contribution in [0, 0.1) is 0 Å². The molecule has 0 spiro atoms. The van der Waals surface area contributed by atoms with Gasteiger partial charge in [0.2, 0.25) is 0 Å². The van der Waals surface area contributed by atoms with Crippen LogP contribution in [0.15, 0.2) is 0 Å². The van der Waals surface area contributed by atoms with Crippen LogP contribution >= 0.6 is 8.83 Å². The summed E-state index contributed by atoms with van der Waals surface area (Å²) in [6.07, 6.45) is 15.9. The maximum absolute atomic E-state index is 6.68. The third-order valence-corrected chi connectivity index (χ3v) is 12.5. The van der Waals surface area contributed by atoms with E-state index in [9.17, 15) is 0 Å². The van der Waals surface area contributed by atoms with E-state index in [1.807, 2.05) is 0 Å². The molecule has 0 unspecified atom stereocenters. The molecule has 96 valence electrons. The van der Waals surface area contributed by atoms with Crippen molar-refractivity contribution in [2.75, 3.05) is 0 Å². The minimum atomic E-state index is -1.30. The first-order valence-electron chi connectivity index (χ1n) is 7.27. The Morgan fingerprint density at radius 2 is 1.56 bits per heavy atom. The van der Waals surface area contributed by atoms with Gasteiger partial charge in [0, 0.05) is 0 Å². The summed E-state index contributed by atoms with van der Waals surface area (Å²) >= 11 is -1.30. The van der Waals surface area contributed by atoms with Gasteiger partial charge in [0.25, 0.3) is 0 Å². The monoisotopic (exact) mass is 352 g/mol. The summed E-state index contributed by atoms with van der Waals surface area (Å²) in [6, 6.07) is 0. The average Bonchev–Trinajstić information content (AvgIpc) is 2.34. The van der Waals surface area contributed by atoms with Gasteiger partial charge < -0.3 is 0 Å². The Hall–Kier alpha value is 1.11. The van der Waals surface area contributed by atoms with Crippen molar-refractivity contribution in [1.29, 1.82) is 0 Å². The van der Waals surface area contributed by atoms with Gasteiger partial charge in [-0.05, 0) is 0 Å². The average molecular weight is 354 g/mol. The van der Waals surface area contributed by atoms with Crippen molar-refractivity contribution in [2.45, 2.75) is 85.8 Å². The van der Waals surface area contributed by atoms with E-state index in [4.69, 9.17) is 8.83 Å². The molecule has 0 aliphatic heterocycles. The summed E-state index contributed by atoms with van der Waals surface area (Å²) in [5.41, 5.74) is 0. The first-order chi connectivity index (χ1) is 7.84. The van der Waals surface area contributed by atoms with E-state index in [0.29, 0.717) is 0 Å². The number of unbranched alkanes of at least 4 members (excludes halogenated alkanes) is 5. The molecule has 1 aliphatic rings. The van der Waals surface area contributed by atoms with E-state index in [-0.39, 0.29) is 0 Å². The van der Waals surface area contributed by atoms with Gasteiger partial charge in [-0.3, -0.25) is 0 Å². The van der Waals surface area contributed by atoms with Crippen LogP contribution in [0.25, 0.3) is 0 Å². The van der Waals surface area contributed by atoms with E-state index in [1.54, 1.807) is 0 Å². The Kier molecular flexibility index (Phi) is 9.55. The van der Waals surface area contributed by atoms with Crippen molar-refractivity contribution in [3.63, 3.8) is 0 Å². The molecule has 0 aromatic heterocycles. The summed E-state index contributed by atoms with van der Waals surface area (Å²) in [6.45, 7) is 2.28. The predicted octanol–water partition coefficient (Wildman–Crippen LogP) is 5.91. The molecule has 0 saturated heterocycles. The van der Waals surface area contributed by atoms with E-state index in [2.05, 4.69) is 6.92 Å². The van der Waals surface area contributed by atoms with Crippen molar-refractivity contribution in [3.8, 4) is 0 Å². The molecule has 1 aliphatic carbocycles. The zero-order chi connectivity index (χ0) is 11.6. The summed E-state index contributed by atoms with van der Waals surface area (Å²) in [4.78, 5) is 0. The van der Waals surface area contributed by atoms with Gasteiger partial charge in [-0.1, -0.05) is 0 Å². The van der Waals surface area contributed by atoms with E-state index in [1.165, 1.54) is 75.0 Å². The quantitative estimate of drug-likeness (QED) is 0.376. The summed E-state index contributed by atoms with van der Waals surface area (Å²) in [5.74, 6) is 0. The molecule has 0 aromatic rings. The van der Waals surface area contributed by atoms with Gasteiger partial charge in [-0.2, -0.15) is 0 Å². The molecule has 0 radical (unpaired) electrons. The molecular formula is C14H28ClSb. The van der Waals surface area contributed by atoms with E-state index in [0.717, 1.165) is 3.86 Å². The Morgan fingerprint density at radius 3 is 2.25 bits per heavy atom. The Morgan fingerprint density at radius 1 is 0.938 bits per heavy atom. The zero-order valence-corrected chi connectivity index (χ0v) is 14.2. The summed E-state index contributed by atoms with van der Waals surface area (Å²) in [5, 5.41) is 0. The number of rotatable bonds is 8. The fourth-order valence-corrected chi connectivity index (χ4v) is 9.88. The fourth-order valence-electron chi connectivity index (χ4n) is 2.59. The second-order valence-electron chi connectivity index (χ2n) is 5.18. The Bertz CT molecular complexity index is 155. The van der Waals surface area contributed by atoms with Crippen molar-refractivity contribution in [2.24, 2.45) is 0 Å². The third-order valence-electron chi connectivity index (χ3n) is 3.70. The van der Waals surface area contributed by atoms with Crippen LogP contribution in [-0.2, 0) is 0 Å². The zero-order valence-electron chi connectivity index (χ0n) is 10.9. The second kappa shape index (κ2) is 10.1. The Labute approximate surface area is 113 Å². The molecule has 0 nitrogen and oxygen atoms in total. The molecule has 16 heavy (non-hydrogen) atoms. The van der Waals surface area contributed by atoms with Crippen molar-refractivity contribution in [1.82, 2.24) is 0 Å². The molecule has 0 amide bonds. The normalized spacial score (nSPS) is 18.2. The Balaban J connectivity index is 1.94. The molecule has 2 heteroatoms. The first-order valence-corrected chi connectivity index (χ1v) is 13.8. The molecule has 0 bridgehead atoms. The second-order valence-corrected chi connectivity index (χ2v) is 13.7. The van der Waals surface area contributed by atoms with Crippen LogP contribution in [0.3, 0.4) is 0 Å². The van der Waals surface area contributed by atoms with Crippen molar-refractivity contribution >= 4 is 27.9 Å². The van der Waals surface area contributed by atoms with E-state index < -0.39 is 19.1 Å². The van der Waals surface area contributed by atoms with E-state index >= 15 is 0 Å². The third kappa shape index (κ3) is 6.75. The fraction of sp³-hybridized carbons (Fsp3) is 1.00. The van der Waals surface area contributed by atoms with Crippen LogP contribution in [-0.4, -0.2) is 19.1 Å². The standard InChI is InChI=1S/C8H17.C6H11.ClH.Sb/c1-3-5-7-8-6-4-2;1-2-4-6-5-3-1;;/h1,3-8H2,2H3;1H,2-6H2;1H;/q;;;+1/p-1. The topological polar surface area (TPSA) is 0 Å². The number of hydrogen-bond donors (Lipinski definition) is 0. The molecule has 1 saturated carbocycles. The van der Waals surface area contributed by atoms with Crippen LogP contribution in [0.2, 0.25) is 8.23 Å². The van der Waals surface area contributed by atoms with Crippen molar-refractivity contribution in [3.05, 3.63) is 0 Å². The summed E-state index contributed by atoms with van der Waals surface area (Å²) < 4.78 is 2.47. The first kappa shape index (κ1) is 15.2. The molecule has 0 atom stereocenters. The predicted molar refractivity (Wildman–Crippen MR) is 76.6 cm³/mol. The van der Waals surface area contributed by atoms with Crippen LogP contribution in [0.4, 0.5) is 0 Å². The molecular weight excluding hydrogens is 325 g/mol. The minimum absolute atomic E-state index is 1.02. The van der Waals surface area contributed by atoms with Crippen LogP contribution < -0.4 is 0 Å². The molecule has 0 aromatic carbocycles. The van der Waals surface area contributed by atoms with Gasteiger partial charge in [-0.25, -0.2) is 0 Å².